The van der Waals surface area contributed by atoms with E-state index >= 15 is 0 Å². The lowest BCUT2D eigenvalue weighted by Gasteiger charge is -2.08. The van der Waals surface area contributed by atoms with E-state index < -0.39 is 0 Å². The molecule has 0 fully saturated rings. The van der Waals surface area contributed by atoms with Crippen LogP contribution in [0.1, 0.15) is 32.7 Å². The van der Waals surface area contributed by atoms with Gasteiger partial charge in [0, 0.05) is 17.5 Å². The van der Waals surface area contributed by atoms with Gasteiger partial charge in [0.1, 0.15) is 0 Å². The third-order valence-corrected chi connectivity index (χ3v) is 3.95. The molecule has 3 rings (SSSR count). The number of ketones is 2. The molecular weight excluding hydrogens is 308 g/mol. The summed E-state index contributed by atoms with van der Waals surface area (Å²) >= 11 is 0. The fourth-order valence-corrected chi connectivity index (χ4v) is 2.63. The molecule has 0 heterocycles. The standard InChI is InChI=1S/C23H18O2/c24-22(19-12-6-2-7-13-19)16-21(18-10-4-1-5-11-18)17-23(25)20-14-8-3-9-15-20/h1-16H,17H2/b21-16-. The van der Waals surface area contributed by atoms with Gasteiger partial charge in [0.2, 0.25) is 0 Å². The zero-order valence-electron chi connectivity index (χ0n) is 13.8. The molecule has 0 saturated heterocycles. The largest absolute Gasteiger partial charge is 0.294 e. The van der Waals surface area contributed by atoms with Crippen molar-refractivity contribution in [1.29, 1.82) is 0 Å². The van der Waals surface area contributed by atoms with Crippen molar-refractivity contribution in [1.82, 2.24) is 0 Å². The molecule has 3 aromatic carbocycles. The fourth-order valence-electron chi connectivity index (χ4n) is 2.63. The normalized spacial score (nSPS) is 11.1. The van der Waals surface area contributed by atoms with Crippen LogP contribution in [0, 0.1) is 0 Å². The Morgan fingerprint density at radius 3 is 1.56 bits per heavy atom. The van der Waals surface area contributed by atoms with Gasteiger partial charge >= 0.3 is 0 Å². The summed E-state index contributed by atoms with van der Waals surface area (Å²) in [7, 11) is 0. The van der Waals surface area contributed by atoms with Crippen LogP contribution in [0.15, 0.2) is 97.1 Å². The van der Waals surface area contributed by atoms with E-state index in [0.29, 0.717) is 11.1 Å². The highest BCUT2D eigenvalue weighted by molar-refractivity contribution is 6.11. The first-order valence-electron chi connectivity index (χ1n) is 8.17. The monoisotopic (exact) mass is 326 g/mol. The molecule has 0 spiro atoms. The van der Waals surface area contributed by atoms with Gasteiger partial charge in [-0.15, -0.1) is 0 Å². The highest BCUT2D eigenvalue weighted by Gasteiger charge is 2.12. The van der Waals surface area contributed by atoms with Crippen LogP contribution in [-0.2, 0) is 0 Å². The minimum atomic E-state index is -0.0969. The lowest BCUT2D eigenvalue weighted by molar-refractivity contribution is 0.0998. The maximum absolute atomic E-state index is 12.6. The van der Waals surface area contributed by atoms with E-state index in [9.17, 15) is 9.59 Å². The van der Waals surface area contributed by atoms with Crippen molar-refractivity contribution in [3.8, 4) is 0 Å². The Kier molecular flexibility index (Phi) is 5.32. The topological polar surface area (TPSA) is 34.1 Å². The molecule has 25 heavy (non-hydrogen) atoms. The van der Waals surface area contributed by atoms with E-state index in [1.165, 1.54) is 0 Å². The molecule has 2 nitrogen and oxygen atoms in total. The van der Waals surface area contributed by atoms with Crippen molar-refractivity contribution >= 4 is 17.1 Å². The average Bonchev–Trinajstić information content (AvgIpc) is 2.69. The van der Waals surface area contributed by atoms with Crippen molar-refractivity contribution in [3.05, 3.63) is 114 Å². The van der Waals surface area contributed by atoms with Crippen molar-refractivity contribution in [3.63, 3.8) is 0 Å². The van der Waals surface area contributed by atoms with E-state index in [2.05, 4.69) is 0 Å². The van der Waals surface area contributed by atoms with Gasteiger partial charge < -0.3 is 0 Å². The van der Waals surface area contributed by atoms with Crippen molar-refractivity contribution in [2.75, 3.05) is 0 Å². The number of Topliss-reactive ketones (excluding diaryl/α,β-unsaturated/α-hetero) is 1. The molecule has 0 amide bonds. The number of carbonyl (C=O) groups is 2. The van der Waals surface area contributed by atoms with Crippen LogP contribution in [0.2, 0.25) is 0 Å². The Balaban J connectivity index is 1.92. The second-order valence-electron chi connectivity index (χ2n) is 5.73. The molecule has 0 aliphatic rings. The summed E-state index contributed by atoms with van der Waals surface area (Å²) in [6, 6.07) is 27.8. The summed E-state index contributed by atoms with van der Waals surface area (Å²) in [5, 5.41) is 0. The predicted octanol–water partition coefficient (Wildman–Crippen LogP) is 5.23. The van der Waals surface area contributed by atoms with Gasteiger partial charge in [0.15, 0.2) is 11.6 Å². The van der Waals surface area contributed by atoms with Crippen LogP contribution < -0.4 is 0 Å². The number of benzene rings is 3. The van der Waals surface area contributed by atoms with Gasteiger partial charge in [0.25, 0.3) is 0 Å². The number of carbonyl (C=O) groups excluding carboxylic acids is 2. The highest BCUT2D eigenvalue weighted by atomic mass is 16.1. The smallest absolute Gasteiger partial charge is 0.186 e. The van der Waals surface area contributed by atoms with Gasteiger partial charge in [0.05, 0.1) is 0 Å². The Bertz CT molecular complexity index is 879. The van der Waals surface area contributed by atoms with Crippen LogP contribution >= 0.6 is 0 Å². The Labute approximate surface area is 147 Å². The Morgan fingerprint density at radius 2 is 1.04 bits per heavy atom. The Hall–Kier alpha value is -3.26. The van der Waals surface area contributed by atoms with E-state index in [-0.39, 0.29) is 18.0 Å². The molecule has 0 saturated carbocycles. The summed E-state index contributed by atoms with van der Waals surface area (Å²) in [4.78, 5) is 25.2. The number of hydrogen-bond donors (Lipinski definition) is 0. The maximum Gasteiger partial charge on any atom is 0.186 e. The van der Waals surface area contributed by atoms with Crippen LogP contribution in [0.5, 0.6) is 0 Å². The second-order valence-corrected chi connectivity index (χ2v) is 5.73. The first-order valence-corrected chi connectivity index (χ1v) is 8.17. The van der Waals surface area contributed by atoms with E-state index in [1.807, 2.05) is 66.7 Å². The van der Waals surface area contributed by atoms with Crippen molar-refractivity contribution < 1.29 is 9.59 Å². The predicted molar refractivity (Wildman–Crippen MR) is 101 cm³/mol. The lowest BCUT2D eigenvalue weighted by atomic mass is 9.95. The summed E-state index contributed by atoms with van der Waals surface area (Å²) in [5.41, 5.74) is 2.87. The molecule has 0 radical (unpaired) electrons. The SMILES string of the molecule is O=C(/C=C(/CC(=O)c1ccccc1)c1ccccc1)c1ccccc1. The molecule has 0 atom stereocenters. The van der Waals surface area contributed by atoms with E-state index in [1.54, 1.807) is 30.3 Å². The third-order valence-electron chi connectivity index (χ3n) is 3.95. The maximum atomic E-state index is 12.6. The van der Waals surface area contributed by atoms with Crippen LogP contribution in [0.25, 0.3) is 5.57 Å². The van der Waals surface area contributed by atoms with Gasteiger partial charge in [-0.2, -0.15) is 0 Å². The summed E-state index contributed by atoms with van der Waals surface area (Å²) in [5.74, 6) is -0.100. The molecule has 0 aliphatic carbocycles. The Morgan fingerprint density at radius 1 is 0.600 bits per heavy atom. The number of hydrogen-bond acceptors (Lipinski definition) is 2. The molecule has 0 bridgehead atoms. The van der Waals surface area contributed by atoms with Crippen molar-refractivity contribution in [2.45, 2.75) is 6.42 Å². The molecule has 0 N–H and O–H groups in total. The van der Waals surface area contributed by atoms with Gasteiger partial charge in [-0.25, -0.2) is 0 Å². The van der Waals surface area contributed by atoms with Gasteiger partial charge in [-0.05, 0) is 17.2 Å². The molecule has 0 aliphatic heterocycles. The third kappa shape index (κ3) is 4.39. The molecule has 2 heteroatoms. The first-order chi connectivity index (χ1) is 12.2. The van der Waals surface area contributed by atoms with Gasteiger partial charge in [-0.1, -0.05) is 91.0 Å². The quantitative estimate of drug-likeness (QED) is 0.459. The molecule has 0 unspecified atom stereocenters. The molecule has 3 aromatic rings. The number of rotatable bonds is 6. The highest BCUT2D eigenvalue weighted by Crippen LogP contribution is 2.21. The summed E-state index contributed by atoms with van der Waals surface area (Å²) in [6.07, 6.45) is 1.76. The van der Waals surface area contributed by atoms with Crippen LogP contribution in [0.3, 0.4) is 0 Å². The first kappa shape index (κ1) is 16.6. The average molecular weight is 326 g/mol. The zero-order chi connectivity index (χ0) is 17.5. The van der Waals surface area contributed by atoms with E-state index in [4.69, 9.17) is 0 Å². The van der Waals surface area contributed by atoms with E-state index in [0.717, 1.165) is 11.1 Å². The van der Waals surface area contributed by atoms with Crippen LogP contribution in [-0.4, -0.2) is 11.6 Å². The van der Waals surface area contributed by atoms with Crippen LogP contribution in [0.4, 0.5) is 0 Å². The zero-order valence-corrected chi connectivity index (χ0v) is 13.8. The summed E-state index contributed by atoms with van der Waals surface area (Å²) < 4.78 is 0. The van der Waals surface area contributed by atoms with Gasteiger partial charge in [-0.3, -0.25) is 9.59 Å². The molecule has 0 aromatic heterocycles. The lowest BCUT2D eigenvalue weighted by Crippen LogP contribution is -2.03. The number of allylic oxidation sites excluding steroid dienone is 2. The summed E-state index contributed by atoms with van der Waals surface area (Å²) in [6.45, 7) is 0. The minimum Gasteiger partial charge on any atom is -0.294 e. The molecule has 122 valence electrons. The minimum absolute atomic E-state index is 0.00318. The fraction of sp³-hybridized carbons (Fsp3) is 0.0435. The second kappa shape index (κ2) is 8.02. The van der Waals surface area contributed by atoms with Crippen molar-refractivity contribution in [2.24, 2.45) is 0 Å². The molecular formula is C23H18O2.